The maximum atomic E-state index is 11.2. The Bertz CT molecular complexity index is 476. The number of nitrogens with one attached hydrogen (secondary N) is 1. The topological polar surface area (TPSA) is 46.9 Å². The van der Waals surface area contributed by atoms with Gasteiger partial charge in [0.25, 0.3) is 0 Å². The Morgan fingerprint density at radius 1 is 1.31 bits per heavy atom. The van der Waals surface area contributed by atoms with Crippen LogP contribution in [0.5, 0.6) is 0 Å². The number of hydrogen-bond acceptors (Lipinski definition) is 2. The van der Waals surface area contributed by atoms with E-state index in [1.807, 2.05) is 43.5 Å². The highest BCUT2D eigenvalue weighted by atomic mass is 16.1. The van der Waals surface area contributed by atoms with E-state index >= 15 is 0 Å². The standard InChI is InChI=1S/C12H13N3O/c1-2-12(16)13-11-8-9-15(14-11)10-6-4-3-5-7-10/h3-9H,2H2,1H3,(H,13,14,16). The molecule has 1 aromatic heterocycles. The molecule has 0 atom stereocenters. The smallest absolute Gasteiger partial charge is 0.225 e. The van der Waals surface area contributed by atoms with E-state index in [0.29, 0.717) is 12.2 Å². The average molecular weight is 215 g/mol. The summed E-state index contributed by atoms with van der Waals surface area (Å²) in [4.78, 5) is 11.2. The van der Waals surface area contributed by atoms with Crippen molar-refractivity contribution >= 4 is 11.7 Å². The fraction of sp³-hybridized carbons (Fsp3) is 0.167. The number of para-hydroxylation sites is 1. The molecule has 2 aromatic rings. The largest absolute Gasteiger partial charge is 0.309 e. The van der Waals surface area contributed by atoms with Crippen LogP contribution in [0.25, 0.3) is 5.69 Å². The molecule has 1 amide bonds. The van der Waals surface area contributed by atoms with Gasteiger partial charge in [-0.3, -0.25) is 4.79 Å². The van der Waals surface area contributed by atoms with Crippen molar-refractivity contribution in [1.29, 1.82) is 0 Å². The molecule has 0 saturated heterocycles. The zero-order valence-electron chi connectivity index (χ0n) is 9.05. The number of anilines is 1. The van der Waals surface area contributed by atoms with E-state index < -0.39 is 0 Å². The number of aromatic nitrogens is 2. The lowest BCUT2D eigenvalue weighted by Crippen LogP contribution is -2.10. The first-order valence-electron chi connectivity index (χ1n) is 5.20. The zero-order chi connectivity index (χ0) is 11.4. The lowest BCUT2D eigenvalue weighted by Gasteiger charge is -2.00. The van der Waals surface area contributed by atoms with Gasteiger partial charge in [0.15, 0.2) is 5.82 Å². The molecule has 4 nitrogen and oxygen atoms in total. The molecule has 82 valence electrons. The first kappa shape index (κ1) is 10.4. The third-order valence-electron chi connectivity index (χ3n) is 2.20. The Hall–Kier alpha value is -2.10. The second kappa shape index (κ2) is 4.61. The Labute approximate surface area is 93.9 Å². The van der Waals surface area contributed by atoms with Gasteiger partial charge in [0.1, 0.15) is 0 Å². The van der Waals surface area contributed by atoms with Crippen molar-refractivity contribution in [2.45, 2.75) is 13.3 Å². The Morgan fingerprint density at radius 3 is 2.75 bits per heavy atom. The van der Waals surface area contributed by atoms with E-state index in [4.69, 9.17) is 0 Å². The van der Waals surface area contributed by atoms with Crippen molar-refractivity contribution in [3.8, 4) is 5.69 Å². The summed E-state index contributed by atoms with van der Waals surface area (Å²) in [7, 11) is 0. The SMILES string of the molecule is CCC(=O)Nc1ccn(-c2ccccc2)n1. The van der Waals surface area contributed by atoms with Gasteiger partial charge in [0.2, 0.25) is 5.91 Å². The van der Waals surface area contributed by atoms with Gasteiger partial charge in [-0.25, -0.2) is 4.68 Å². The van der Waals surface area contributed by atoms with Gasteiger partial charge in [0.05, 0.1) is 5.69 Å². The van der Waals surface area contributed by atoms with E-state index in [1.54, 1.807) is 10.7 Å². The lowest BCUT2D eigenvalue weighted by molar-refractivity contribution is -0.115. The predicted molar refractivity (Wildman–Crippen MR) is 62.5 cm³/mol. The molecule has 0 radical (unpaired) electrons. The lowest BCUT2D eigenvalue weighted by atomic mass is 10.3. The highest BCUT2D eigenvalue weighted by Crippen LogP contribution is 2.09. The summed E-state index contributed by atoms with van der Waals surface area (Å²) < 4.78 is 1.73. The van der Waals surface area contributed by atoms with Gasteiger partial charge in [-0.1, -0.05) is 25.1 Å². The Morgan fingerprint density at radius 2 is 2.06 bits per heavy atom. The van der Waals surface area contributed by atoms with Gasteiger partial charge in [-0.15, -0.1) is 0 Å². The highest BCUT2D eigenvalue weighted by Gasteiger charge is 2.03. The summed E-state index contributed by atoms with van der Waals surface area (Å²) >= 11 is 0. The quantitative estimate of drug-likeness (QED) is 0.853. The van der Waals surface area contributed by atoms with E-state index in [1.165, 1.54) is 0 Å². The van der Waals surface area contributed by atoms with Gasteiger partial charge in [-0.05, 0) is 12.1 Å². The van der Waals surface area contributed by atoms with Crippen molar-refractivity contribution in [2.24, 2.45) is 0 Å². The molecule has 1 heterocycles. The van der Waals surface area contributed by atoms with Crippen LogP contribution >= 0.6 is 0 Å². The van der Waals surface area contributed by atoms with Crippen molar-refractivity contribution in [3.63, 3.8) is 0 Å². The minimum Gasteiger partial charge on any atom is -0.309 e. The third kappa shape index (κ3) is 2.28. The Kier molecular flexibility index (Phi) is 3.00. The maximum absolute atomic E-state index is 11.2. The van der Waals surface area contributed by atoms with Crippen molar-refractivity contribution in [3.05, 3.63) is 42.6 Å². The number of rotatable bonds is 3. The molecule has 16 heavy (non-hydrogen) atoms. The molecule has 2 rings (SSSR count). The summed E-state index contributed by atoms with van der Waals surface area (Å²) in [6.45, 7) is 1.81. The first-order valence-corrected chi connectivity index (χ1v) is 5.20. The normalized spacial score (nSPS) is 10.1. The van der Waals surface area contributed by atoms with Crippen LogP contribution in [0.2, 0.25) is 0 Å². The highest BCUT2D eigenvalue weighted by molar-refractivity contribution is 5.89. The Balaban J connectivity index is 2.17. The minimum absolute atomic E-state index is 0.0293. The predicted octanol–water partition coefficient (Wildman–Crippen LogP) is 2.22. The molecule has 4 heteroatoms. The summed E-state index contributed by atoms with van der Waals surface area (Å²) in [5.41, 5.74) is 0.972. The van der Waals surface area contributed by atoms with Crippen molar-refractivity contribution < 1.29 is 4.79 Å². The zero-order valence-corrected chi connectivity index (χ0v) is 9.05. The molecule has 0 fully saturated rings. The summed E-state index contributed by atoms with van der Waals surface area (Å²) in [5, 5.41) is 6.96. The molecule has 0 aliphatic heterocycles. The molecule has 0 aliphatic carbocycles. The van der Waals surface area contributed by atoms with Crippen LogP contribution in [0.1, 0.15) is 13.3 Å². The van der Waals surface area contributed by atoms with Crippen LogP contribution in [-0.2, 0) is 4.79 Å². The summed E-state index contributed by atoms with van der Waals surface area (Å²) in [5.74, 6) is 0.550. The van der Waals surface area contributed by atoms with Gasteiger partial charge >= 0.3 is 0 Å². The van der Waals surface area contributed by atoms with Gasteiger partial charge < -0.3 is 5.32 Å². The van der Waals surface area contributed by atoms with Crippen LogP contribution in [0.3, 0.4) is 0 Å². The van der Waals surface area contributed by atoms with Gasteiger partial charge in [-0.2, -0.15) is 5.10 Å². The second-order valence-corrected chi connectivity index (χ2v) is 3.38. The summed E-state index contributed by atoms with van der Waals surface area (Å²) in [6, 6.07) is 11.5. The van der Waals surface area contributed by atoms with Crippen LogP contribution in [0.15, 0.2) is 42.6 Å². The number of nitrogens with zero attached hydrogens (tertiary/aromatic N) is 2. The van der Waals surface area contributed by atoms with Crippen LogP contribution in [-0.4, -0.2) is 15.7 Å². The molecular weight excluding hydrogens is 202 g/mol. The molecule has 0 saturated carbocycles. The fourth-order valence-electron chi connectivity index (χ4n) is 1.35. The van der Waals surface area contributed by atoms with E-state index in [-0.39, 0.29) is 5.91 Å². The number of benzene rings is 1. The second-order valence-electron chi connectivity index (χ2n) is 3.38. The molecule has 1 aromatic carbocycles. The monoisotopic (exact) mass is 215 g/mol. The van der Waals surface area contributed by atoms with E-state index in [2.05, 4.69) is 10.4 Å². The molecule has 0 aliphatic rings. The molecule has 0 unspecified atom stereocenters. The average Bonchev–Trinajstić information content (AvgIpc) is 2.78. The summed E-state index contributed by atoms with van der Waals surface area (Å²) in [6.07, 6.45) is 2.28. The van der Waals surface area contributed by atoms with Crippen LogP contribution in [0, 0.1) is 0 Å². The van der Waals surface area contributed by atoms with Crippen molar-refractivity contribution in [2.75, 3.05) is 5.32 Å². The number of hydrogen-bond donors (Lipinski definition) is 1. The van der Waals surface area contributed by atoms with Crippen molar-refractivity contribution in [1.82, 2.24) is 9.78 Å². The first-order chi connectivity index (χ1) is 7.79. The third-order valence-corrected chi connectivity index (χ3v) is 2.20. The molecule has 0 bridgehead atoms. The molecular formula is C12H13N3O. The minimum atomic E-state index is -0.0293. The maximum Gasteiger partial charge on any atom is 0.225 e. The van der Waals surface area contributed by atoms with Gasteiger partial charge in [0, 0.05) is 18.7 Å². The van der Waals surface area contributed by atoms with E-state index in [9.17, 15) is 4.79 Å². The molecule has 1 N–H and O–H groups in total. The molecule has 0 spiro atoms. The van der Waals surface area contributed by atoms with Crippen LogP contribution in [0.4, 0.5) is 5.82 Å². The number of amides is 1. The number of carbonyl (C=O) groups is 1. The van der Waals surface area contributed by atoms with Crippen LogP contribution < -0.4 is 5.32 Å². The number of carbonyl (C=O) groups excluding carboxylic acids is 1. The van der Waals surface area contributed by atoms with E-state index in [0.717, 1.165) is 5.69 Å². The fourth-order valence-corrected chi connectivity index (χ4v) is 1.35.